The van der Waals surface area contributed by atoms with Crippen molar-refractivity contribution in [3.63, 3.8) is 0 Å². The van der Waals surface area contributed by atoms with Crippen LogP contribution in [0.25, 0.3) is 0 Å². The fourth-order valence-corrected chi connectivity index (χ4v) is 2.94. The van der Waals surface area contributed by atoms with E-state index in [1.165, 1.54) is 12.1 Å². The molecule has 5 nitrogen and oxygen atoms in total. The van der Waals surface area contributed by atoms with Crippen LogP contribution in [0.1, 0.15) is 45.2 Å². The third kappa shape index (κ3) is 6.29. The van der Waals surface area contributed by atoms with Gasteiger partial charge in [-0.2, -0.15) is 0 Å². The molecule has 140 valence electrons. The van der Waals surface area contributed by atoms with Gasteiger partial charge in [-0.1, -0.05) is 12.1 Å². The molecule has 25 heavy (non-hydrogen) atoms. The predicted molar refractivity (Wildman–Crippen MR) is 95.0 cm³/mol. The summed E-state index contributed by atoms with van der Waals surface area (Å²) in [5.74, 6) is -0.245. The molecule has 0 radical (unpaired) electrons. The zero-order valence-electron chi connectivity index (χ0n) is 15.5. The summed E-state index contributed by atoms with van der Waals surface area (Å²) in [6, 6.07) is 6.77. The predicted octanol–water partition coefficient (Wildman–Crippen LogP) is 3.50. The van der Waals surface area contributed by atoms with Crippen molar-refractivity contribution in [2.75, 3.05) is 26.8 Å². The number of benzene rings is 1. The van der Waals surface area contributed by atoms with E-state index < -0.39 is 5.60 Å². The topological polar surface area (TPSA) is 50.8 Å². The summed E-state index contributed by atoms with van der Waals surface area (Å²) in [4.78, 5) is 13.9. The van der Waals surface area contributed by atoms with Gasteiger partial charge < -0.3 is 19.7 Å². The molecule has 1 atom stereocenters. The first-order valence-electron chi connectivity index (χ1n) is 8.77. The van der Waals surface area contributed by atoms with E-state index >= 15 is 0 Å². The van der Waals surface area contributed by atoms with Crippen LogP contribution in [0.3, 0.4) is 0 Å². The number of methoxy groups -OCH3 is 1. The molecule has 0 saturated carbocycles. The summed E-state index contributed by atoms with van der Waals surface area (Å²) in [5, 5.41) is 3.57. The second-order valence-corrected chi connectivity index (χ2v) is 7.47. The fraction of sp³-hybridized carbons (Fsp3) is 0.632. The lowest BCUT2D eigenvalue weighted by molar-refractivity contribution is 0.0192. The molecular weight excluding hydrogens is 323 g/mol. The summed E-state index contributed by atoms with van der Waals surface area (Å²) in [6.45, 7) is 7.45. The zero-order valence-corrected chi connectivity index (χ0v) is 15.5. The van der Waals surface area contributed by atoms with E-state index in [0.717, 1.165) is 18.4 Å². The van der Waals surface area contributed by atoms with E-state index in [-0.39, 0.29) is 24.0 Å². The van der Waals surface area contributed by atoms with Gasteiger partial charge in [0.05, 0.1) is 12.6 Å². The van der Waals surface area contributed by atoms with Crippen LogP contribution in [0.2, 0.25) is 0 Å². The first-order chi connectivity index (χ1) is 11.8. The van der Waals surface area contributed by atoms with Crippen molar-refractivity contribution in [2.24, 2.45) is 0 Å². The van der Waals surface area contributed by atoms with Crippen molar-refractivity contribution >= 4 is 6.09 Å². The maximum atomic E-state index is 13.1. The molecule has 0 spiro atoms. The second-order valence-electron chi connectivity index (χ2n) is 7.47. The van der Waals surface area contributed by atoms with Gasteiger partial charge in [0.25, 0.3) is 0 Å². The highest BCUT2D eigenvalue weighted by molar-refractivity contribution is 5.68. The van der Waals surface area contributed by atoms with Gasteiger partial charge >= 0.3 is 6.09 Å². The lowest BCUT2D eigenvalue weighted by atomic mass is 10.0. The van der Waals surface area contributed by atoms with Gasteiger partial charge in [0.15, 0.2) is 0 Å². The highest BCUT2D eigenvalue weighted by Gasteiger charge is 2.28. The van der Waals surface area contributed by atoms with Crippen molar-refractivity contribution < 1.29 is 18.7 Å². The number of halogens is 1. The van der Waals surface area contributed by atoms with E-state index in [2.05, 4.69) is 5.32 Å². The van der Waals surface area contributed by atoms with E-state index in [4.69, 9.17) is 9.47 Å². The molecular formula is C19H29FN2O3. The average Bonchev–Trinajstić information content (AvgIpc) is 2.54. The summed E-state index contributed by atoms with van der Waals surface area (Å²) >= 11 is 0. The Bertz CT molecular complexity index is 549. The SMILES string of the molecule is COCC(NC1CCN(C(=O)OC(C)(C)C)CC1)c1ccc(F)cc1. The maximum absolute atomic E-state index is 13.1. The Kier molecular flexibility index (Phi) is 6.79. The zero-order chi connectivity index (χ0) is 18.4. The van der Waals surface area contributed by atoms with Crippen molar-refractivity contribution in [3.8, 4) is 0 Å². The van der Waals surface area contributed by atoms with E-state index in [1.54, 1.807) is 24.1 Å². The lowest BCUT2D eigenvalue weighted by Gasteiger charge is -2.35. The van der Waals surface area contributed by atoms with Crippen LogP contribution in [-0.2, 0) is 9.47 Å². The minimum atomic E-state index is -0.474. The Morgan fingerprint density at radius 1 is 1.28 bits per heavy atom. The third-order valence-electron chi connectivity index (χ3n) is 4.19. The molecule has 1 fully saturated rings. The van der Waals surface area contributed by atoms with Crippen LogP contribution >= 0.6 is 0 Å². The number of amides is 1. The minimum Gasteiger partial charge on any atom is -0.444 e. The minimum absolute atomic E-state index is 0.00340. The Balaban J connectivity index is 1.88. The van der Waals surface area contributed by atoms with Crippen LogP contribution < -0.4 is 5.32 Å². The molecule has 1 heterocycles. The smallest absolute Gasteiger partial charge is 0.410 e. The van der Waals surface area contributed by atoms with Crippen molar-refractivity contribution in [1.29, 1.82) is 0 Å². The Labute approximate surface area is 149 Å². The van der Waals surface area contributed by atoms with Crippen molar-refractivity contribution in [3.05, 3.63) is 35.6 Å². The van der Waals surface area contributed by atoms with Gasteiger partial charge in [0.2, 0.25) is 0 Å². The van der Waals surface area contributed by atoms with Gasteiger partial charge in [0.1, 0.15) is 11.4 Å². The highest BCUT2D eigenvalue weighted by Crippen LogP contribution is 2.20. The standard InChI is InChI=1S/C19H29FN2O3/c1-19(2,3)25-18(23)22-11-9-16(10-12-22)21-17(13-24-4)14-5-7-15(20)8-6-14/h5-8,16-17,21H,9-13H2,1-4H3. The van der Waals surface area contributed by atoms with Crippen LogP contribution in [0.5, 0.6) is 0 Å². The number of carbonyl (C=O) groups is 1. The van der Waals surface area contributed by atoms with E-state index in [0.29, 0.717) is 19.7 Å². The number of likely N-dealkylation sites (tertiary alicyclic amines) is 1. The normalized spacial score (nSPS) is 17.4. The molecule has 1 saturated heterocycles. The van der Waals surface area contributed by atoms with Gasteiger partial charge in [-0.25, -0.2) is 9.18 Å². The molecule has 1 N–H and O–H groups in total. The Hall–Kier alpha value is -1.66. The molecule has 0 bridgehead atoms. The molecule has 6 heteroatoms. The molecule has 1 aromatic rings. The quantitative estimate of drug-likeness (QED) is 0.881. The van der Waals surface area contributed by atoms with Gasteiger partial charge in [0, 0.05) is 26.2 Å². The first-order valence-corrected chi connectivity index (χ1v) is 8.77. The Morgan fingerprint density at radius 3 is 2.40 bits per heavy atom. The van der Waals surface area contributed by atoms with Crippen molar-refractivity contribution in [2.45, 2.75) is 51.3 Å². The number of carbonyl (C=O) groups excluding carboxylic acids is 1. The van der Waals surface area contributed by atoms with E-state index in [9.17, 15) is 9.18 Å². The first kappa shape index (κ1) is 19.7. The Morgan fingerprint density at radius 2 is 1.88 bits per heavy atom. The molecule has 0 aromatic heterocycles. The van der Waals surface area contributed by atoms with Gasteiger partial charge in [-0.15, -0.1) is 0 Å². The monoisotopic (exact) mass is 352 g/mol. The summed E-state index contributed by atoms with van der Waals surface area (Å²) in [7, 11) is 1.66. The number of rotatable bonds is 5. The lowest BCUT2D eigenvalue weighted by Crippen LogP contribution is -2.47. The summed E-state index contributed by atoms with van der Waals surface area (Å²) < 4.78 is 23.9. The largest absolute Gasteiger partial charge is 0.444 e. The number of piperidine rings is 1. The van der Waals surface area contributed by atoms with E-state index in [1.807, 2.05) is 20.8 Å². The fourth-order valence-electron chi connectivity index (χ4n) is 2.94. The number of ether oxygens (including phenoxy) is 2. The van der Waals surface area contributed by atoms with Crippen molar-refractivity contribution in [1.82, 2.24) is 10.2 Å². The molecule has 0 aliphatic carbocycles. The van der Waals surface area contributed by atoms with Gasteiger partial charge in [-0.3, -0.25) is 0 Å². The number of hydrogen-bond acceptors (Lipinski definition) is 4. The van der Waals surface area contributed by atoms with Crippen LogP contribution in [0, 0.1) is 5.82 Å². The highest BCUT2D eigenvalue weighted by atomic mass is 19.1. The summed E-state index contributed by atoms with van der Waals surface area (Å²) in [6.07, 6.45) is 1.44. The number of nitrogens with zero attached hydrogens (tertiary/aromatic N) is 1. The molecule has 1 aliphatic rings. The average molecular weight is 352 g/mol. The maximum Gasteiger partial charge on any atom is 0.410 e. The van der Waals surface area contributed by atoms with Crippen LogP contribution in [0.4, 0.5) is 9.18 Å². The third-order valence-corrected chi connectivity index (χ3v) is 4.19. The molecule has 1 unspecified atom stereocenters. The summed E-state index contributed by atoms with van der Waals surface area (Å²) in [5.41, 5.74) is 0.524. The molecule has 1 amide bonds. The molecule has 1 aromatic carbocycles. The number of hydrogen-bond donors (Lipinski definition) is 1. The van der Waals surface area contributed by atoms with Crippen LogP contribution in [0.15, 0.2) is 24.3 Å². The molecule has 2 rings (SSSR count). The number of nitrogens with one attached hydrogen (secondary N) is 1. The second kappa shape index (κ2) is 8.63. The van der Waals surface area contributed by atoms with Gasteiger partial charge in [-0.05, 0) is 51.3 Å². The molecule has 1 aliphatic heterocycles. The van der Waals surface area contributed by atoms with Crippen LogP contribution in [-0.4, -0.2) is 49.4 Å².